The lowest BCUT2D eigenvalue weighted by atomic mass is 9.80. The predicted octanol–water partition coefficient (Wildman–Crippen LogP) is 9.67. The van der Waals surface area contributed by atoms with Crippen LogP contribution in [0.15, 0.2) is 115 Å². The third-order valence-electron chi connectivity index (χ3n) is 8.49. The summed E-state index contributed by atoms with van der Waals surface area (Å²) in [6, 6.07) is 40.1. The van der Waals surface area contributed by atoms with Gasteiger partial charge < -0.3 is 0 Å². The summed E-state index contributed by atoms with van der Waals surface area (Å²) in [6.45, 7) is 4.74. The van der Waals surface area contributed by atoms with E-state index in [0.717, 1.165) is 5.69 Å². The molecule has 1 aliphatic carbocycles. The van der Waals surface area contributed by atoms with Crippen molar-refractivity contribution in [1.82, 2.24) is 4.98 Å². The Morgan fingerprint density at radius 2 is 1.05 bits per heavy atom. The molecule has 0 atom stereocenters. The second-order valence-electron chi connectivity index (χ2n) is 10.8. The Bertz CT molecular complexity index is 2060. The number of hydrogen-bond acceptors (Lipinski definition) is 1. The molecule has 0 amide bonds. The fraction of sp³-hybridized carbons (Fsp3) is 0.0833. The van der Waals surface area contributed by atoms with Gasteiger partial charge in [0.05, 0.1) is 5.69 Å². The van der Waals surface area contributed by atoms with Crippen molar-refractivity contribution >= 4 is 43.1 Å². The topological polar surface area (TPSA) is 12.9 Å². The molecule has 0 saturated carbocycles. The maximum Gasteiger partial charge on any atom is 0.0780 e. The number of aromatic nitrogens is 1. The molecule has 1 aromatic heterocycles. The molecule has 0 aliphatic heterocycles. The molecule has 0 N–H and O–H groups in total. The first-order valence-electron chi connectivity index (χ1n) is 13.0. The van der Waals surface area contributed by atoms with Crippen molar-refractivity contribution in [3.8, 4) is 22.4 Å². The molecule has 1 nitrogen and oxygen atoms in total. The van der Waals surface area contributed by atoms with E-state index >= 15 is 0 Å². The first-order chi connectivity index (χ1) is 18.1. The van der Waals surface area contributed by atoms with Crippen LogP contribution in [0.25, 0.3) is 65.5 Å². The van der Waals surface area contributed by atoms with Gasteiger partial charge in [-0.1, -0.05) is 98.8 Å². The fourth-order valence-corrected chi connectivity index (χ4v) is 6.63. The summed E-state index contributed by atoms with van der Waals surface area (Å²) in [5.74, 6) is 0. The zero-order chi connectivity index (χ0) is 24.7. The fourth-order valence-electron chi connectivity index (χ4n) is 6.63. The van der Waals surface area contributed by atoms with Crippen molar-refractivity contribution in [3.63, 3.8) is 0 Å². The second kappa shape index (κ2) is 7.27. The Kier molecular flexibility index (Phi) is 4.06. The molecular formula is C36H25N. The summed E-state index contributed by atoms with van der Waals surface area (Å²) < 4.78 is 0. The molecule has 0 unspecified atom stereocenters. The SMILES string of the molecule is CC1(C)c2cc(-c3nccc4ccccc34)ccc2-c2cc3c4ccccc4c4ccccc4c3cc21. The van der Waals surface area contributed by atoms with Gasteiger partial charge in [0.25, 0.3) is 0 Å². The highest BCUT2D eigenvalue weighted by atomic mass is 14.7. The minimum absolute atomic E-state index is 0.105. The second-order valence-corrected chi connectivity index (χ2v) is 10.8. The van der Waals surface area contributed by atoms with Gasteiger partial charge in [-0.2, -0.15) is 0 Å². The average Bonchev–Trinajstić information content (AvgIpc) is 3.17. The average molecular weight is 472 g/mol. The van der Waals surface area contributed by atoms with Crippen LogP contribution in [0.5, 0.6) is 0 Å². The van der Waals surface area contributed by atoms with Gasteiger partial charge in [-0.25, -0.2) is 0 Å². The van der Waals surface area contributed by atoms with E-state index in [1.54, 1.807) is 0 Å². The molecule has 0 fully saturated rings. The van der Waals surface area contributed by atoms with Gasteiger partial charge in [0.2, 0.25) is 0 Å². The van der Waals surface area contributed by atoms with Gasteiger partial charge in [-0.3, -0.25) is 4.98 Å². The molecule has 0 radical (unpaired) electrons. The van der Waals surface area contributed by atoms with Crippen molar-refractivity contribution in [3.05, 3.63) is 127 Å². The van der Waals surface area contributed by atoms with Gasteiger partial charge in [0, 0.05) is 22.6 Å². The maximum atomic E-state index is 4.81. The van der Waals surface area contributed by atoms with E-state index in [2.05, 4.69) is 123 Å². The molecule has 0 saturated heterocycles. The van der Waals surface area contributed by atoms with Gasteiger partial charge in [0.1, 0.15) is 0 Å². The molecular weight excluding hydrogens is 446 g/mol. The zero-order valence-corrected chi connectivity index (χ0v) is 20.9. The quantitative estimate of drug-likeness (QED) is 0.217. The van der Waals surface area contributed by atoms with E-state index in [0.29, 0.717) is 0 Å². The van der Waals surface area contributed by atoms with Crippen LogP contribution < -0.4 is 0 Å². The lowest BCUT2D eigenvalue weighted by molar-refractivity contribution is 0.661. The molecule has 1 aliphatic rings. The van der Waals surface area contributed by atoms with E-state index in [1.807, 2.05) is 6.20 Å². The first kappa shape index (κ1) is 20.7. The van der Waals surface area contributed by atoms with E-state index in [-0.39, 0.29) is 5.41 Å². The monoisotopic (exact) mass is 471 g/mol. The molecule has 1 heterocycles. The van der Waals surface area contributed by atoms with Crippen molar-refractivity contribution in [2.75, 3.05) is 0 Å². The molecule has 0 bridgehead atoms. The summed E-state index contributed by atoms with van der Waals surface area (Å²) >= 11 is 0. The van der Waals surface area contributed by atoms with Gasteiger partial charge in [0.15, 0.2) is 0 Å². The minimum atomic E-state index is -0.105. The van der Waals surface area contributed by atoms with Crippen LogP contribution in [-0.2, 0) is 5.41 Å². The van der Waals surface area contributed by atoms with Gasteiger partial charge in [-0.05, 0) is 84.2 Å². The molecule has 37 heavy (non-hydrogen) atoms. The van der Waals surface area contributed by atoms with Crippen LogP contribution in [-0.4, -0.2) is 4.98 Å². The summed E-state index contributed by atoms with van der Waals surface area (Å²) in [6.07, 6.45) is 1.92. The molecule has 1 heteroatoms. The number of pyridine rings is 1. The zero-order valence-electron chi connectivity index (χ0n) is 20.9. The number of nitrogens with zero attached hydrogens (tertiary/aromatic N) is 1. The minimum Gasteiger partial charge on any atom is -0.256 e. The van der Waals surface area contributed by atoms with E-state index in [1.165, 1.54) is 70.9 Å². The number of benzene rings is 6. The Labute approximate surface area is 216 Å². The summed E-state index contributed by atoms with van der Waals surface area (Å²) in [4.78, 5) is 4.81. The van der Waals surface area contributed by atoms with E-state index in [4.69, 9.17) is 4.98 Å². The standard InChI is InChI=1S/C36H25N/c1-36(2)33-19-23(35-24-10-4-3-9-22(24)17-18-37-35)15-16-29(33)32-20-30-27-13-7-5-11-25(27)26-12-6-8-14-28(26)31(30)21-34(32)36/h3-21H,1-2H3. The van der Waals surface area contributed by atoms with Crippen LogP contribution in [0.2, 0.25) is 0 Å². The van der Waals surface area contributed by atoms with Crippen molar-refractivity contribution < 1.29 is 0 Å². The van der Waals surface area contributed by atoms with Crippen molar-refractivity contribution in [2.24, 2.45) is 0 Å². The van der Waals surface area contributed by atoms with Crippen LogP contribution in [0.1, 0.15) is 25.0 Å². The highest BCUT2D eigenvalue weighted by molar-refractivity contribution is 6.26. The Morgan fingerprint density at radius 1 is 0.486 bits per heavy atom. The molecule has 6 aromatic carbocycles. The number of rotatable bonds is 1. The predicted molar refractivity (Wildman–Crippen MR) is 157 cm³/mol. The van der Waals surface area contributed by atoms with E-state index < -0.39 is 0 Å². The van der Waals surface area contributed by atoms with E-state index in [9.17, 15) is 0 Å². The molecule has 0 spiro atoms. The largest absolute Gasteiger partial charge is 0.256 e. The van der Waals surface area contributed by atoms with Crippen LogP contribution in [0.4, 0.5) is 0 Å². The van der Waals surface area contributed by atoms with Crippen LogP contribution in [0.3, 0.4) is 0 Å². The lowest BCUT2D eigenvalue weighted by Gasteiger charge is -2.23. The van der Waals surface area contributed by atoms with Gasteiger partial charge >= 0.3 is 0 Å². The highest BCUT2D eigenvalue weighted by Crippen LogP contribution is 2.52. The first-order valence-corrected chi connectivity index (χ1v) is 13.0. The van der Waals surface area contributed by atoms with Crippen LogP contribution in [0, 0.1) is 0 Å². The Hall–Kier alpha value is -4.49. The summed E-state index contributed by atoms with van der Waals surface area (Å²) in [7, 11) is 0. The summed E-state index contributed by atoms with van der Waals surface area (Å²) in [5.41, 5.74) is 7.59. The Balaban J connectivity index is 1.42. The molecule has 8 rings (SSSR count). The number of fused-ring (bicyclic) bond motifs is 10. The van der Waals surface area contributed by atoms with Crippen LogP contribution >= 0.6 is 0 Å². The normalized spacial score (nSPS) is 13.9. The highest BCUT2D eigenvalue weighted by Gasteiger charge is 2.36. The Morgan fingerprint density at radius 3 is 1.76 bits per heavy atom. The third-order valence-corrected chi connectivity index (χ3v) is 8.49. The smallest absolute Gasteiger partial charge is 0.0780 e. The molecule has 174 valence electrons. The third kappa shape index (κ3) is 2.77. The summed E-state index contributed by atoms with van der Waals surface area (Å²) in [5, 5.41) is 10.4. The van der Waals surface area contributed by atoms with Gasteiger partial charge in [-0.15, -0.1) is 0 Å². The van der Waals surface area contributed by atoms with Crippen molar-refractivity contribution in [2.45, 2.75) is 19.3 Å². The molecule has 7 aromatic rings. The lowest BCUT2D eigenvalue weighted by Crippen LogP contribution is -2.15. The number of hydrogen-bond donors (Lipinski definition) is 0. The van der Waals surface area contributed by atoms with Crippen molar-refractivity contribution in [1.29, 1.82) is 0 Å². The maximum absolute atomic E-state index is 4.81.